The van der Waals surface area contributed by atoms with E-state index in [4.69, 9.17) is 0 Å². The molecule has 0 aliphatic rings. The van der Waals surface area contributed by atoms with E-state index in [1.54, 1.807) is 0 Å². The Hall–Kier alpha value is -0.300. The van der Waals surface area contributed by atoms with Gasteiger partial charge in [-0.2, -0.15) is 0 Å². The summed E-state index contributed by atoms with van der Waals surface area (Å²) in [5.74, 6) is 0. The predicted molar refractivity (Wildman–Crippen MR) is 16.6 cm³/mol. The SMILES string of the molecule is C=CC(=O)[ClH+]. The number of halogens is 1. The topological polar surface area (TPSA) is 17.1 Å². The summed E-state index contributed by atoms with van der Waals surface area (Å²) >= 11 is 4.02. The van der Waals surface area contributed by atoms with Crippen LogP contribution < -0.4 is 0 Å². The molecule has 2 heteroatoms. The van der Waals surface area contributed by atoms with Gasteiger partial charge in [0.05, 0.1) is 0 Å². The van der Waals surface area contributed by atoms with Crippen LogP contribution in [0.3, 0.4) is 0 Å². The van der Waals surface area contributed by atoms with Crippen molar-refractivity contribution in [2.24, 2.45) is 0 Å². The third-order valence-electron chi connectivity index (χ3n) is 0.167. The summed E-state index contributed by atoms with van der Waals surface area (Å²) < 4.78 is 0. The van der Waals surface area contributed by atoms with Crippen molar-refractivity contribution < 1.29 is 16.4 Å². The predicted octanol–water partition coefficient (Wildman–Crippen LogP) is -0.0194. The molecule has 0 N–H and O–H groups in total. The number of hydrogen-bond acceptors (Lipinski definition) is 1. The lowest BCUT2D eigenvalue weighted by Crippen LogP contribution is -1.76. The maximum absolute atomic E-state index is 9.51. The zero-order chi connectivity index (χ0) is 4.28. The van der Waals surface area contributed by atoms with Crippen LogP contribution in [0.25, 0.3) is 0 Å². The van der Waals surface area contributed by atoms with E-state index >= 15 is 0 Å². The van der Waals surface area contributed by atoms with Crippen LogP contribution in [-0.2, 0) is 4.79 Å². The number of carbonyl (C=O) groups is 1. The minimum absolute atomic E-state index is 0.398. The van der Waals surface area contributed by atoms with Gasteiger partial charge in [-0.25, -0.2) is 4.79 Å². The lowest BCUT2D eigenvalue weighted by molar-refractivity contribution is -0.297. The Kier molecular flexibility index (Phi) is 1.85. The van der Waals surface area contributed by atoms with E-state index < -0.39 is 5.24 Å². The molecule has 0 atom stereocenters. The van der Waals surface area contributed by atoms with Gasteiger partial charge in [0.1, 0.15) is 0 Å². The van der Waals surface area contributed by atoms with Crippen molar-refractivity contribution in [3.63, 3.8) is 0 Å². The van der Waals surface area contributed by atoms with E-state index in [-0.39, 0.29) is 0 Å². The Morgan fingerprint density at radius 1 is 2.00 bits per heavy atom. The number of carbonyl (C=O) groups excluding carboxylic acids is 1. The molecule has 0 aliphatic heterocycles. The highest BCUT2D eigenvalue weighted by Gasteiger charge is 1.88. The first-order valence-electron chi connectivity index (χ1n) is 1.11. The highest BCUT2D eigenvalue weighted by molar-refractivity contribution is 5.76. The van der Waals surface area contributed by atoms with Gasteiger partial charge in [0, 0.05) is 6.08 Å². The van der Waals surface area contributed by atoms with Gasteiger partial charge in [0.2, 0.25) is 0 Å². The van der Waals surface area contributed by atoms with Gasteiger partial charge >= 0.3 is 5.24 Å². The lowest BCUT2D eigenvalue weighted by Gasteiger charge is -1.46. The van der Waals surface area contributed by atoms with Crippen molar-refractivity contribution in [1.29, 1.82) is 0 Å². The van der Waals surface area contributed by atoms with Crippen molar-refractivity contribution >= 4 is 5.24 Å². The first-order valence-corrected chi connectivity index (χ1v) is 1.51. The third kappa shape index (κ3) is 3.70. The summed E-state index contributed by atoms with van der Waals surface area (Å²) in [5.41, 5.74) is 0. The highest BCUT2D eigenvalue weighted by atomic mass is 35.5. The molecule has 0 unspecified atom stereocenters. The maximum Gasteiger partial charge on any atom is 0.423 e. The van der Waals surface area contributed by atoms with Crippen molar-refractivity contribution in [3.05, 3.63) is 12.7 Å². The molecule has 0 aromatic heterocycles. The first kappa shape index (κ1) is 4.70. The smallest absolute Gasteiger partial charge is 0.220 e. The fraction of sp³-hybridized carbons (Fsp3) is 0. The molecule has 0 spiro atoms. The Morgan fingerprint density at radius 3 is 2.20 bits per heavy atom. The molecule has 0 fully saturated rings. The van der Waals surface area contributed by atoms with Crippen LogP contribution in [0, 0.1) is 11.6 Å². The summed E-state index contributed by atoms with van der Waals surface area (Å²) in [6.07, 6.45) is 1.09. The molecule has 0 aliphatic carbocycles. The molecule has 28 valence electrons. The second-order valence-corrected chi connectivity index (χ2v) is 0.926. The van der Waals surface area contributed by atoms with E-state index in [1.165, 1.54) is 0 Å². The van der Waals surface area contributed by atoms with Crippen molar-refractivity contribution in [3.8, 4) is 0 Å². The summed E-state index contributed by atoms with van der Waals surface area (Å²) in [5, 5.41) is -0.398. The lowest BCUT2D eigenvalue weighted by atomic mass is 10.7. The Morgan fingerprint density at radius 2 is 2.20 bits per heavy atom. The van der Waals surface area contributed by atoms with Gasteiger partial charge in [-0.3, -0.25) is 0 Å². The fourth-order valence-corrected chi connectivity index (χ4v) is 0. The molecule has 0 aromatic carbocycles. The molecular weight excluding hydrogens is 87.5 g/mol. The average Bonchev–Trinajstić information content (AvgIpc) is 1.38. The molecule has 0 saturated heterocycles. The van der Waals surface area contributed by atoms with Crippen molar-refractivity contribution in [2.75, 3.05) is 0 Å². The van der Waals surface area contributed by atoms with Gasteiger partial charge in [0.15, 0.2) is 11.6 Å². The second-order valence-electron chi connectivity index (χ2n) is 0.523. The van der Waals surface area contributed by atoms with E-state index in [2.05, 4.69) is 18.2 Å². The minimum Gasteiger partial charge on any atom is -0.220 e. The maximum atomic E-state index is 9.51. The van der Waals surface area contributed by atoms with Crippen LogP contribution in [0.4, 0.5) is 0 Å². The number of allylic oxidation sites excluding steroid dienone is 1. The standard InChI is InChI=1S/C3H4ClO/c1-2-3(4)5/h2,4H,1H2/q+1. The largest absolute Gasteiger partial charge is 0.423 e. The quantitative estimate of drug-likeness (QED) is 0.328. The van der Waals surface area contributed by atoms with E-state index in [0.717, 1.165) is 6.08 Å². The van der Waals surface area contributed by atoms with Crippen LogP contribution in [0.1, 0.15) is 0 Å². The molecule has 0 bridgehead atoms. The molecule has 0 rings (SSSR count). The molecule has 0 saturated carbocycles. The highest BCUT2D eigenvalue weighted by Crippen LogP contribution is 1.58. The van der Waals surface area contributed by atoms with Gasteiger partial charge in [-0.15, -0.1) is 0 Å². The molecule has 1 nitrogen and oxygen atoms in total. The van der Waals surface area contributed by atoms with Crippen molar-refractivity contribution in [2.45, 2.75) is 0 Å². The van der Waals surface area contributed by atoms with Crippen LogP contribution in [0.2, 0.25) is 0 Å². The van der Waals surface area contributed by atoms with Gasteiger partial charge in [0.25, 0.3) is 0 Å². The summed E-state index contributed by atoms with van der Waals surface area (Å²) in [7, 11) is 0. The molecule has 0 aromatic rings. The minimum atomic E-state index is -0.398. The number of rotatable bonds is 1. The molecule has 0 amide bonds. The monoisotopic (exact) mass is 91.0 g/mol. The van der Waals surface area contributed by atoms with Crippen LogP contribution >= 0.6 is 0 Å². The molecule has 5 heavy (non-hydrogen) atoms. The first-order chi connectivity index (χ1) is 2.27. The zero-order valence-electron chi connectivity index (χ0n) is 2.60. The summed E-state index contributed by atoms with van der Waals surface area (Å²) in [6, 6.07) is 0. The summed E-state index contributed by atoms with van der Waals surface area (Å²) in [6.45, 7) is 3.11. The van der Waals surface area contributed by atoms with Gasteiger partial charge in [-0.1, -0.05) is 6.58 Å². The fourth-order valence-electron chi connectivity index (χ4n) is 0. The average molecular weight is 91.5 g/mol. The Labute approximate surface area is 35.2 Å². The Balaban J connectivity index is 3.20. The van der Waals surface area contributed by atoms with Crippen LogP contribution in [0.5, 0.6) is 0 Å². The second kappa shape index (κ2) is 1.97. The van der Waals surface area contributed by atoms with E-state index in [1.807, 2.05) is 0 Å². The Bertz CT molecular complexity index is 57.9. The van der Waals surface area contributed by atoms with E-state index in [0.29, 0.717) is 0 Å². The van der Waals surface area contributed by atoms with Crippen molar-refractivity contribution in [1.82, 2.24) is 0 Å². The van der Waals surface area contributed by atoms with Crippen LogP contribution in [-0.4, -0.2) is 5.24 Å². The number of hydrogen-bond donors (Lipinski definition) is 0. The molecule has 0 heterocycles. The summed E-state index contributed by atoms with van der Waals surface area (Å²) in [4.78, 5) is 9.51. The van der Waals surface area contributed by atoms with Crippen LogP contribution in [0.15, 0.2) is 12.7 Å². The third-order valence-corrected chi connectivity index (χ3v) is 0.333. The molecular formula is C3H4ClO+. The molecule has 0 radical (unpaired) electrons. The zero-order valence-corrected chi connectivity index (χ0v) is 3.42. The normalized spacial score (nSPS) is 6.60. The van der Waals surface area contributed by atoms with E-state index in [9.17, 15) is 4.79 Å². The van der Waals surface area contributed by atoms with Gasteiger partial charge in [-0.05, 0) is 0 Å². The van der Waals surface area contributed by atoms with Gasteiger partial charge < -0.3 is 0 Å².